The van der Waals surface area contributed by atoms with Crippen LogP contribution in [0.4, 0.5) is 0 Å². The summed E-state index contributed by atoms with van der Waals surface area (Å²) in [6, 6.07) is 5.86. The van der Waals surface area contributed by atoms with E-state index in [1.165, 1.54) is 0 Å². The normalized spacial score (nSPS) is 10.4. The number of benzene rings is 1. The highest BCUT2D eigenvalue weighted by Gasteiger charge is 2.07. The summed E-state index contributed by atoms with van der Waals surface area (Å²) in [5.74, 6) is 1.46. The van der Waals surface area contributed by atoms with E-state index >= 15 is 0 Å². The van der Waals surface area contributed by atoms with Gasteiger partial charge in [0.1, 0.15) is 5.75 Å². The number of ether oxygens (including phenoxy) is 2. The Morgan fingerprint density at radius 1 is 1.38 bits per heavy atom. The predicted octanol–water partition coefficient (Wildman–Crippen LogP) is 3.40. The van der Waals surface area contributed by atoms with E-state index in [-0.39, 0.29) is 0 Å². The zero-order chi connectivity index (χ0) is 11.5. The van der Waals surface area contributed by atoms with E-state index in [4.69, 9.17) is 9.47 Å². The maximum absolute atomic E-state index is 5.47. The van der Waals surface area contributed by atoms with Crippen LogP contribution in [0.1, 0.15) is 6.92 Å². The second kappa shape index (κ2) is 4.70. The first-order chi connectivity index (χ1) is 7.76. The molecule has 0 amide bonds. The summed E-state index contributed by atoms with van der Waals surface area (Å²) >= 11 is 3.45. The van der Waals surface area contributed by atoms with Crippen LogP contribution in [0.25, 0.3) is 10.8 Å². The molecule has 16 heavy (non-hydrogen) atoms. The van der Waals surface area contributed by atoms with Crippen molar-refractivity contribution < 1.29 is 9.47 Å². The van der Waals surface area contributed by atoms with Crippen LogP contribution in [0.3, 0.4) is 0 Å². The molecule has 4 heteroatoms. The average molecular weight is 282 g/mol. The van der Waals surface area contributed by atoms with Crippen molar-refractivity contribution in [1.29, 1.82) is 0 Å². The molecule has 0 bridgehead atoms. The highest BCUT2D eigenvalue weighted by Crippen LogP contribution is 2.33. The Balaban J connectivity index is 2.64. The third-order valence-electron chi connectivity index (χ3n) is 2.28. The highest BCUT2D eigenvalue weighted by atomic mass is 79.9. The molecule has 0 unspecified atom stereocenters. The Kier molecular flexibility index (Phi) is 3.29. The maximum Gasteiger partial charge on any atom is 0.221 e. The number of pyridine rings is 1. The van der Waals surface area contributed by atoms with E-state index in [9.17, 15) is 0 Å². The molecule has 84 valence electrons. The fraction of sp³-hybridized carbons (Fsp3) is 0.250. The molecule has 3 nitrogen and oxygen atoms in total. The number of hydrogen-bond donors (Lipinski definition) is 0. The minimum Gasteiger partial charge on any atom is -0.496 e. The quantitative estimate of drug-likeness (QED) is 0.864. The fourth-order valence-corrected chi connectivity index (χ4v) is 2.06. The van der Waals surface area contributed by atoms with Crippen molar-refractivity contribution in [2.75, 3.05) is 13.7 Å². The molecule has 0 atom stereocenters. The Labute approximate surface area is 103 Å². The van der Waals surface area contributed by atoms with Gasteiger partial charge in [0.15, 0.2) is 0 Å². The number of rotatable bonds is 3. The summed E-state index contributed by atoms with van der Waals surface area (Å²) in [7, 11) is 1.65. The van der Waals surface area contributed by atoms with Crippen molar-refractivity contribution in [2.45, 2.75) is 6.92 Å². The molecule has 0 aliphatic heterocycles. The van der Waals surface area contributed by atoms with Crippen LogP contribution in [0.2, 0.25) is 0 Å². The topological polar surface area (TPSA) is 31.4 Å². The van der Waals surface area contributed by atoms with Gasteiger partial charge in [-0.05, 0) is 46.4 Å². The second-order valence-corrected chi connectivity index (χ2v) is 4.11. The smallest absolute Gasteiger partial charge is 0.221 e. The summed E-state index contributed by atoms with van der Waals surface area (Å²) in [6.45, 7) is 2.55. The van der Waals surface area contributed by atoms with Gasteiger partial charge in [-0.15, -0.1) is 0 Å². The third kappa shape index (κ3) is 1.97. The number of hydrogen-bond acceptors (Lipinski definition) is 3. The van der Waals surface area contributed by atoms with E-state index in [1.807, 2.05) is 25.1 Å². The van der Waals surface area contributed by atoms with Crippen LogP contribution in [0.5, 0.6) is 11.6 Å². The van der Waals surface area contributed by atoms with Crippen molar-refractivity contribution in [3.8, 4) is 11.6 Å². The van der Waals surface area contributed by atoms with E-state index in [2.05, 4.69) is 20.9 Å². The zero-order valence-electron chi connectivity index (χ0n) is 9.16. The van der Waals surface area contributed by atoms with Gasteiger partial charge in [-0.25, -0.2) is 4.98 Å². The van der Waals surface area contributed by atoms with Gasteiger partial charge in [0, 0.05) is 11.6 Å². The van der Waals surface area contributed by atoms with Gasteiger partial charge in [0.05, 0.1) is 18.2 Å². The van der Waals surface area contributed by atoms with Gasteiger partial charge < -0.3 is 9.47 Å². The van der Waals surface area contributed by atoms with E-state index in [0.717, 1.165) is 21.0 Å². The van der Waals surface area contributed by atoms with Gasteiger partial charge in [0.25, 0.3) is 0 Å². The molecule has 1 aromatic heterocycles. The minimum atomic E-state index is 0.607. The van der Waals surface area contributed by atoms with Crippen molar-refractivity contribution in [2.24, 2.45) is 0 Å². The molecule has 0 saturated heterocycles. The number of halogens is 1. The monoisotopic (exact) mass is 281 g/mol. The molecule has 1 aromatic carbocycles. The van der Waals surface area contributed by atoms with E-state index < -0.39 is 0 Å². The first kappa shape index (κ1) is 11.2. The first-order valence-corrected chi connectivity index (χ1v) is 5.80. The van der Waals surface area contributed by atoms with Crippen LogP contribution in [0, 0.1) is 0 Å². The largest absolute Gasteiger partial charge is 0.496 e. The van der Waals surface area contributed by atoms with Gasteiger partial charge in [0.2, 0.25) is 5.88 Å². The van der Waals surface area contributed by atoms with E-state index in [0.29, 0.717) is 12.5 Å². The number of fused-ring (bicyclic) bond motifs is 1. The van der Waals surface area contributed by atoms with Crippen LogP contribution in [0.15, 0.2) is 28.9 Å². The molecule has 0 fully saturated rings. The van der Waals surface area contributed by atoms with Crippen LogP contribution in [-0.4, -0.2) is 18.7 Å². The molecule has 2 rings (SSSR count). The van der Waals surface area contributed by atoms with Crippen molar-refractivity contribution in [3.63, 3.8) is 0 Å². The number of methoxy groups -OCH3 is 1. The lowest BCUT2D eigenvalue weighted by atomic mass is 10.1. The van der Waals surface area contributed by atoms with Gasteiger partial charge in [-0.3, -0.25) is 0 Å². The van der Waals surface area contributed by atoms with Gasteiger partial charge in [-0.2, -0.15) is 0 Å². The maximum atomic E-state index is 5.47. The fourth-order valence-electron chi connectivity index (χ4n) is 1.56. The summed E-state index contributed by atoms with van der Waals surface area (Å²) in [6.07, 6.45) is 1.74. The standard InChI is InChI=1S/C12H12BrNO2/c1-3-16-12-9-7-10(13)11(15-2)6-8(9)4-5-14-12/h4-7H,3H2,1-2H3. The molecular weight excluding hydrogens is 270 g/mol. The Morgan fingerprint density at radius 2 is 2.19 bits per heavy atom. The number of aromatic nitrogens is 1. The molecule has 0 aliphatic rings. The van der Waals surface area contributed by atoms with Crippen LogP contribution >= 0.6 is 15.9 Å². The zero-order valence-corrected chi connectivity index (χ0v) is 10.7. The number of nitrogens with zero attached hydrogens (tertiary/aromatic N) is 1. The second-order valence-electron chi connectivity index (χ2n) is 3.26. The molecule has 0 saturated carbocycles. The minimum absolute atomic E-state index is 0.607. The summed E-state index contributed by atoms with van der Waals surface area (Å²) in [5.41, 5.74) is 0. The molecule has 0 N–H and O–H groups in total. The van der Waals surface area contributed by atoms with E-state index in [1.54, 1.807) is 13.3 Å². The molecule has 0 spiro atoms. The molecular formula is C12H12BrNO2. The molecule has 0 aliphatic carbocycles. The lowest BCUT2D eigenvalue weighted by molar-refractivity contribution is 0.331. The van der Waals surface area contributed by atoms with Crippen molar-refractivity contribution in [1.82, 2.24) is 4.98 Å². The first-order valence-electron chi connectivity index (χ1n) is 5.01. The van der Waals surface area contributed by atoms with Crippen molar-refractivity contribution in [3.05, 3.63) is 28.9 Å². The average Bonchev–Trinajstić information content (AvgIpc) is 2.29. The summed E-state index contributed by atoms with van der Waals surface area (Å²) in [5, 5.41) is 2.04. The van der Waals surface area contributed by atoms with Gasteiger partial charge in [-0.1, -0.05) is 0 Å². The SMILES string of the molecule is CCOc1nccc2cc(OC)c(Br)cc12. The summed E-state index contributed by atoms with van der Waals surface area (Å²) in [4.78, 5) is 4.21. The lowest BCUT2D eigenvalue weighted by Crippen LogP contribution is -1.95. The van der Waals surface area contributed by atoms with Crippen LogP contribution in [-0.2, 0) is 0 Å². The molecule has 2 aromatic rings. The third-order valence-corrected chi connectivity index (χ3v) is 2.90. The van der Waals surface area contributed by atoms with Crippen molar-refractivity contribution >= 4 is 26.7 Å². The van der Waals surface area contributed by atoms with Gasteiger partial charge >= 0.3 is 0 Å². The molecule has 0 radical (unpaired) electrons. The Hall–Kier alpha value is -1.29. The molecule has 1 heterocycles. The lowest BCUT2D eigenvalue weighted by Gasteiger charge is -2.09. The van der Waals surface area contributed by atoms with Crippen LogP contribution < -0.4 is 9.47 Å². The predicted molar refractivity (Wildman–Crippen MR) is 67.2 cm³/mol. The summed E-state index contributed by atoms with van der Waals surface area (Å²) < 4.78 is 11.6. The Morgan fingerprint density at radius 3 is 2.88 bits per heavy atom. The highest BCUT2D eigenvalue weighted by molar-refractivity contribution is 9.10. The Bertz CT molecular complexity index is 514.